The lowest BCUT2D eigenvalue weighted by molar-refractivity contribution is 0.0997. The molecule has 0 radical (unpaired) electrons. The fraction of sp³-hybridized carbons (Fsp3) is 0.0952. The van der Waals surface area contributed by atoms with Crippen molar-refractivity contribution in [3.63, 3.8) is 0 Å². The Labute approximate surface area is 167 Å². The number of halogens is 1. The SMILES string of the molecule is Cc1ccc(NC(=O)c2cccnc2Oc2ccccc2C(N)=O)c(Cl)c1C. The van der Waals surface area contributed by atoms with Crippen LogP contribution >= 0.6 is 11.6 Å². The molecule has 3 aromatic rings. The number of amides is 2. The molecule has 0 aliphatic carbocycles. The quantitative estimate of drug-likeness (QED) is 0.665. The molecule has 142 valence electrons. The number of carbonyl (C=O) groups is 2. The van der Waals surface area contributed by atoms with Crippen molar-refractivity contribution in [2.75, 3.05) is 5.32 Å². The van der Waals surface area contributed by atoms with Gasteiger partial charge in [0.25, 0.3) is 11.8 Å². The predicted octanol–water partition coefficient (Wildman–Crippen LogP) is 4.50. The number of benzene rings is 2. The van der Waals surface area contributed by atoms with E-state index in [0.29, 0.717) is 10.7 Å². The molecule has 28 heavy (non-hydrogen) atoms. The second-order valence-electron chi connectivity index (χ2n) is 6.14. The molecule has 0 spiro atoms. The summed E-state index contributed by atoms with van der Waals surface area (Å²) >= 11 is 6.34. The number of hydrogen-bond donors (Lipinski definition) is 2. The first-order valence-corrected chi connectivity index (χ1v) is 8.85. The van der Waals surface area contributed by atoms with E-state index in [-0.39, 0.29) is 22.8 Å². The standard InChI is InChI=1S/C21H18ClN3O3/c1-12-9-10-16(18(22)13(12)2)25-20(27)15-7-5-11-24-21(15)28-17-8-4-3-6-14(17)19(23)26/h3-11H,1-2H3,(H2,23,26)(H,25,27). The predicted molar refractivity (Wildman–Crippen MR) is 108 cm³/mol. The van der Waals surface area contributed by atoms with Crippen LogP contribution in [0.3, 0.4) is 0 Å². The summed E-state index contributed by atoms with van der Waals surface area (Å²) in [6.45, 7) is 3.82. The van der Waals surface area contributed by atoms with Crippen LogP contribution in [0.4, 0.5) is 5.69 Å². The third-order valence-electron chi connectivity index (χ3n) is 4.28. The largest absolute Gasteiger partial charge is 0.437 e. The van der Waals surface area contributed by atoms with Gasteiger partial charge in [0, 0.05) is 6.20 Å². The molecule has 0 aliphatic rings. The molecular weight excluding hydrogens is 378 g/mol. The van der Waals surface area contributed by atoms with Gasteiger partial charge in [-0.1, -0.05) is 29.8 Å². The Bertz CT molecular complexity index is 1070. The number of nitrogens with zero attached hydrogens (tertiary/aromatic N) is 1. The molecule has 0 saturated carbocycles. The van der Waals surface area contributed by atoms with Crippen molar-refractivity contribution in [3.05, 3.63) is 82.0 Å². The number of anilines is 1. The highest BCUT2D eigenvalue weighted by Gasteiger charge is 2.18. The molecule has 3 rings (SSSR count). The van der Waals surface area contributed by atoms with Crippen molar-refractivity contribution in [3.8, 4) is 11.6 Å². The summed E-state index contributed by atoms with van der Waals surface area (Å²) in [4.78, 5) is 28.5. The summed E-state index contributed by atoms with van der Waals surface area (Å²) in [5.41, 5.74) is 8.16. The first-order chi connectivity index (χ1) is 13.4. The summed E-state index contributed by atoms with van der Waals surface area (Å²) in [6.07, 6.45) is 1.49. The lowest BCUT2D eigenvalue weighted by Gasteiger charge is -2.14. The van der Waals surface area contributed by atoms with E-state index < -0.39 is 11.8 Å². The van der Waals surface area contributed by atoms with Gasteiger partial charge in [-0.25, -0.2) is 4.98 Å². The Morgan fingerprint density at radius 1 is 1.04 bits per heavy atom. The van der Waals surface area contributed by atoms with Crippen LogP contribution in [-0.2, 0) is 0 Å². The van der Waals surface area contributed by atoms with Crippen LogP contribution in [0.2, 0.25) is 5.02 Å². The fourth-order valence-corrected chi connectivity index (χ4v) is 2.84. The summed E-state index contributed by atoms with van der Waals surface area (Å²) < 4.78 is 5.73. The molecule has 0 unspecified atom stereocenters. The van der Waals surface area contributed by atoms with E-state index in [1.807, 2.05) is 19.9 Å². The molecule has 1 aromatic heterocycles. The molecule has 0 saturated heterocycles. The number of aromatic nitrogens is 1. The molecule has 0 aliphatic heterocycles. The lowest BCUT2D eigenvalue weighted by Crippen LogP contribution is -2.15. The highest BCUT2D eigenvalue weighted by atomic mass is 35.5. The highest BCUT2D eigenvalue weighted by molar-refractivity contribution is 6.34. The van der Waals surface area contributed by atoms with Gasteiger partial charge in [-0.3, -0.25) is 9.59 Å². The summed E-state index contributed by atoms with van der Waals surface area (Å²) in [6, 6.07) is 13.3. The van der Waals surface area contributed by atoms with Crippen molar-refractivity contribution in [2.45, 2.75) is 13.8 Å². The minimum Gasteiger partial charge on any atom is -0.437 e. The molecular formula is C21H18ClN3O3. The Kier molecular flexibility index (Phi) is 5.61. The van der Waals surface area contributed by atoms with Gasteiger partial charge in [0.15, 0.2) is 0 Å². The number of nitrogens with two attached hydrogens (primary N) is 1. The number of pyridine rings is 1. The second kappa shape index (κ2) is 8.10. The van der Waals surface area contributed by atoms with E-state index >= 15 is 0 Å². The Morgan fingerprint density at radius 2 is 1.75 bits per heavy atom. The molecule has 0 fully saturated rings. The van der Waals surface area contributed by atoms with Gasteiger partial charge in [0.1, 0.15) is 11.3 Å². The van der Waals surface area contributed by atoms with Gasteiger partial charge in [0.2, 0.25) is 5.88 Å². The van der Waals surface area contributed by atoms with Crippen molar-refractivity contribution in [1.82, 2.24) is 4.98 Å². The zero-order chi connectivity index (χ0) is 20.3. The number of carbonyl (C=O) groups excluding carboxylic acids is 2. The van der Waals surface area contributed by atoms with Gasteiger partial charge in [0.05, 0.1) is 16.3 Å². The maximum absolute atomic E-state index is 12.8. The first kappa shape index (κ1) is 19.4. The first-order valence-electron chi connectivity index (χ1n) is 8.47. The Balaban J connectivity index is 1.92. The van der Waals surface area contributed by atoms with Crippen LogP contribution in [-0.4, -0.2) is 16.8 Å². The van der Waals surface area contributed by atoms with Crippen LogP contribution in [0, 0.1) is 13.8 Å². The van der Waals surface area contributed by atoms with Gasteiger partial charge >= 0.3 is 0 Å². The maximum atomic E-state index is 12.8. The minimum atomic E-state index is -0.639. The van der Waals surface area contributed by atoms with Crippen molar-refractivity contribution in [1.29, 1.82) is 0 Å². The molecule has 7 heteroatoms. The number of nitrogens with one attached hydrogen (secondary N) is 1. The maximum Gasteiger partial charge on any atom is 0.261 e. The van der Waals surface area contributed by atoms with Gasteiger partial charge in [-0.05, 0) is 55.3 Å². The van der Waals surface area contributed by atoms with Crippen LogP contribution in [0.1, 0.15) is 31.8 Å². The van der Waals surface area contributed by atoms with Crippen molar-refractivity contribution in [2.24, 2.45) is 5.73 Å². The molecule has 3 N–H and O–H groups in total. The van der Waals surface area contributed by atoms with E-state index in [9.17, 15) is 9.59 Å². The van der Waals surface area contributed by atoms with Gasteiger partial charge in [-0.2, -0.15) is 0 Å². The number of hydrogen-bond acceptors (Lipinski definition) is 4. The number of primary amides is 1. The highest BCUT2D eigenvalue weighted by Crippen LogP contribution is 2.30. The van der Waals surface area contributed by atoms with Gasteiger partial charge < -0.3 is 15.8 Å². The summed E-state index contributed by atoms with van der Waals surface area (Å²) in [5.74, 6) is -0.815. The van der Waals surface area contributed by atoms with E-state index in [1.165, 1.54) is 12.3 Å². The number of rotatable bonds is 5. The zero-order valence-electron chi connectivity index (χ0n) is 15.3. The van der Waals surface area contributed by atoms with Crippen LogP contribution in [0.15, 0.2) is 54.7 Å². The summed E-state index contributed by atoms with van der Waals surface area (Å²) in [5, 5.41) is 3.25. The Hall–Kier alpha value is -3.38. The second-order valence-corrected chi connectivity index (χ2v) is 6.52. The van der Waals surface area contributed by atoms with Crippen molar-refractivity contribution >= 4 is 29.1 Å². The molecule has 1 heterocycles. The molecule has 2 amide bonds. The average molecular weight is 396 g/mol. The number of para-hydroxylation sites is 1. The van der Waals surface area contributed by atoms with Gasteiger partial charge in [-0.15, -0.1) is 0 Å². The third kappa shape index (κ3) is 3.97. The molecule has 6 nitrogen and oxygen atoms in total. The zero-order valence-corrected chi connectivity index (χ0v) is 16.1. The number of ether oxygens (including phenoxy) is 1. The van der Waals surface area contributed by atoms with Crippen LogP contribution < -0.4 is 15.8 Å². The molecule has 0 atom stereocenters. The van der Waals surface area contributed by atoms with Crippen LogP contribution in [0.5, 0.6) is 11.6 Å². The van der Waals surface area contributed by atoms with Crippen molar-refractivity contribution < 1.29 is 14.3 Å². The molecule has 0 bridgehead atoms. The smallest absolute Gasteiger partial charge is 0.261 e. The fourth-order valence-electron chi connectivity index (χ4n) is 2.58. The lowest BCUT2D eigenvalue weighted by atomic mass is 10.1. The monoisotopic (exact) mass is 395 g/mol. The molecule has 2 aromatic carbocycles. The van der Waals surface area contributed by atoms with E-state index in [4.69, 9.17) is 22.1 Å². The number of aryl methyl sites for hydroxylation is 1. The normalized spacial score (nSPS) is 10.4. The minimum absolute atomic E-state index is 0.0497. The third-order valence-corrected chi connectivity index (χ3v) is 4.77. The summed E-state index contributed by atoms with van der Waals surface area (Å²) in [7, 11) is 0. The average Bonchev–Trinajstić information content (AvgIpc) is 2.69. The van der Waals surface area contributed by atoms with Crippen LogP contribution in [0.25, 0.3) is 0 Å². The van der Waals surface area contributed by atoms with E-state index in [1.54, 1.807) is 36.4 Å². The topological polar surface area (TPSA) is 94.3 Å². The van der Waals surface area contributed by atoms with E-state index in [0.717, 1.165) is 11.1 Å². The Morgan fingerprint density at radius 3 is 2.50 bits per heavy atom. The van der Waals surface area contributed by atoms with E-state index in [2.05, 4.69) is 10.3 Å².